The molecule has 25 heavy (non-hydrogen) atoms. The van der Waals surface area contributed by atoms with Crippen molar-refractivity contribution >= 4 is 17.5 Å². The Bertz CT molecular complexity index is 697. The lowest BCUT2D eigenvalue weighted by Crippen LogP contribution is -2.40. The fourth-order valence-electron chi connectivity index (χ4n) is 3.27. The standard InChI is InChI=1S/C20H22ClFN2O/c21-17-8-4-15(5-9-17)19(24-12-2-1-3-13-24)14-23-20(25)16-6-10-18(22)11-7-16/h4-11,19H,1-3,12-14H2,(H,23,25)/t19-/m1/s1. The molecule has 1 atom stereocenters. The van der Waals surface area contributed by atoms with Crippen molar-refractivity contribution in [3.8, 4) is 0 Å². The molecule has 0 aliphatic carbocycles. The number of rotatable bonds is 5. The number of nitrogens with zero attached hydrogens (tertiary/aromatic N) is 1. The molecule has 1 aliphatic heterocycles. The SMILES string of the molecule is O=C(NC[C@H](c1ccc(Cl)cc1)N1CCCCC1)c1ccc(F)cc1. The number of hydrogen-bond acceptors (Lipinski definition) is 2. The Labute approximate surface area is 152 Å². The predicted octanol–water partition coefficient (Wildman–Crippen LogP) is 4.44. The first-order valence-corrected chi connectivity index (χ1v) is 9.04. The van der Waals surface area contributed by atoms with Gasteiger partial charge in [-0.1, -0.05) is 30.2 Å². The van der Waals surface area contributed by atoms with Gasteiger partial charge in [-0.2, -0.15) is 0 Å². The van der Waals surface area contributed by atoms with Crippen LogP contribution in [-0.2, 0) is 0 Å². The molecule has 132 valence electrons. The Kier molecular flexibility index (Phi) is 6.05. The van der Waals surface area contributed by atoms with E-state index in [1.165, 1.54) is 43.5 Å². The van der Waals surface area contributed by atoms with Crippen LogP contribution in [0, 0.1) is 5.82 Å². The summed E-state index contributed by atoms with van der Waals surface area (Å²) in [5, 5.41) is 3.70. The summed E-state index contributed by atoms with van der Waals surface area (Å²) < 4.78 is 13.0. The average Bonchev–Trinajstić information content (AvgIpc) is 2.64. The van der Waals surface area contributed by atoms with Gasteiger partial charge >= 0.3 is 0 Å². The predicted molar refractivity (Wildman–Crippen MR) is 98.4 cm³/mol. The highest BCUT2D eigenvalue weighted by Crippen LogP contribution is 2.25. The van der Waals surface area contributed by atoms with E-state index in [1.807, 2.05) is 24.3 Å². The van der Waals surface area contributed by atoms with Crippen molar-refractivity contribution in [1.29, 1.82) is 0 Å². The van der Waals surface area contributed by atoms with Gasteiger partial charge in [0.25, 0.3) is 5.91 Å². The number of carbonyl (C=O) groups excluding carboxylic acids is 1. The summed E-state index contributed by atoms with van der Waals surface area (Å²) in [6, 6.07) is 13.5. The smallest absolute Gasteiger partial charge is 0.251 e. The normalized spacial score (nSPS) is 16.4. The third kappa shape index (κ3) is 4.80. The second-order valence-corrected chi connectivity index (χ2v) is 6.82. The Hall–Kier alpha value is -1.91. The highest BCUT2D eigenvalue weighted by Gasteiger charge is 2.23. The Balaban J connectivity index is 1.71. The highest BCUT2D eigenvalue weighted by molar-refractivity contribution is 6.30. The molecule has 1 fully saturated rings. The number of likely N-dealkylation sites (tertiary alicyclic amines) is 1. The molecule has 3 nitrogen and oxygen atoms in total. The zero-order valence-corrected chi connectivity index (χ0v) is 14.8. The lowest BCUT2D eigenvalue weighted by atomic mass is 10.0. The van der Waals surface area contributed by atoms with E-state index in [4.69, 9.17) is 11.6 Å². The van der Waals surface area contributed by atoms with Crippen molar-refractivity contribution in [2.45, 2.75) is 25.3 Å². The third-order valence-electron chi connectivity index (χ3n) is 4.65. The van der Waals surface area contributed by atoms with Crippen LogP contribution < -0.4 is 5.32 Å². The molecule has 1 saturated heterocycles. The van der Waals surface area contributed by atoms with Gasteiger partial charge in [-0.05, 0) is 67.9 Å². The first-order valence-electron chi connectivity index (χ1n) is 8.67. The van der Waals surface area contributed by atoms with Gasteiger partial charge < -0.3 is 5.32 Å². The van der Waals surface area contributed by atoms with E-state index in [-0.39, 0.29) is 17.8 Å². The maximum atomic E-state index is 13.0. The first-order chi connectivity index (χ1) is 12.1. The van der Waals surface area contributed by atoms with Gasteiger partial charge in [0.15, 0.2) is 0 Å². The number of hydrogen-bond donors (Lipinski definition) is 1. The van der Waals surface area contributed by atoms with Crippen molar-refractivity contribution in [3.63, 3.8) is 0 Å². The van der Waals surface area contributed by atoms with Crippen LogP contribution in [0.3, 0.4) is 0 Å². The summed E-state index contributed by atoms with van der Waals surface area (Å²) in [6.45, 7) is 2.57. The van der Waals surface area contributed by atoms with Crippen LogP contribution in [0.15, 0.2) is 48.5 Å². The lowest BCUT2D eigenvalue weighted by molar-refractivity contribution is 0.0924. The van der Waals surface area contributed by atoms with Gasteiger partial charge in [0.2, 0.25) is 0 Å². The van der Waals surface area contributed by atoms with Gasteiger partial charge in [-0.15, -0.1) is 0 Å². The fourth-order valence-corrected chi connectivity index (χ4v) is 3.39. The van der Waals surface area contributed by atoms with Crippen molar-refractivity contribution in [3.05, 3.63) is 70.5 Å². The minimum Gasteiger partial charge on any atom is -0.350 e. The maximum absolute atomic E-state index is 13.0. The minimum atomic E-state index is -0.344. The Morgan fingerprint density at radius 3 is 2.32 bits per heavy atom. The van der Waals surface area contributed by atoms with Crippen molar-refractivity contribution < 1.29 is 9.18 Å². The van der Waals surface area contributed by atoms with Gasteiger partial charge in [0, 0.05) is 17.1 Å². The number of piperidine rings is 1. The molecule has 1 aliphatic rings. The molecule has 1 N–H and O–H groups in total. The van der Waals surface area contributed by atoms with Crippen LogP contribution in [0.2, 0.25) is 5.02 Å². The minimum absolute atomic E-state index is 0.113. The summed E-state index contributed by atoms with van der Waals surface area (Å²) in [6.07, 6.45) is 3.61. The second kappa shape index (κ2) is 8.45. The molecule has 5 heteroatoms. The summed E-state index contributed by atoms with van der Waals surface area (Å²) in [4.78, 5) is 14.8. The number of benzene rings is 2. The van der Waals surface area contributed by atoms with Crippen LogP contribution in [-0.4, -0.2) is 30.4 Å². The van der Waals surface area contributed by atoms with Crippen LogP contribution in [0.5, 0.6) is 0 Å². The van der Waals surface area contributed by atoms with Crippen molar-refractivity contribution in [2.75, 3.05) is 19.6 Å². The van der Waals surface area contributed by atoms with Crippen molar-refractivity contribution in [2.24, 2.45) is 0 Å². The molecule has 0 saturated carbocycles. The molecule has 3 rings (SSSR count). The first kappa shape index (κ1) is 17.9. The summed E-state index contributed by atoms with van der Waals surface area (Å²) >= 11 is 6.01. The summed E-state index contributed by atoms with van der Waals surface area (Å²) in [5.74, 6) is -0.528. The van der Waals surface area contributed by atoms with Crippen LogP contribution in [0.25, 0.3) is 0 Å². The highest BCUT2D eigenvalue weighted by atomic mass is 35.5. The van der Waals surface area contributed by atoms with E-state index in [2.05, 4.69) is 10.2 Å². The van der Waals surface area contributed by atoms with E-state index in [9.17, 15) is 9.18 Å². The van der Waals surface area contributed by atoms with Crippen LogP contribution >= 0.6 is 11.6 Å². The van der Waals surface area contributed by atoms with Gasteiger partial charge in [-0.3, -0.25) is 9.69 Å². The molecular formula is C20H22ClFN2O. The molecule has 0 aromatic heterocycles. The molecule has 1 amide bonds. The number of halogens is 2. The maximum Gasteiger partial charge on any atom is 0.251 e. The monoisotopic (exact) mass is 360 g/mol. The summed E-state index contributed by atoms with van der Waals surface area (Å²) in [5.41, 5.74) is 1.61. The Morgan fingerprint density at radius 1 is 1.04 bits per heavy atom. The topological polar surface area (TPSA) is 32.3 Å². The van der Waals surface area contributed by atoms with Gasteiger partial charge in [0.05, 0.1) is 6.04 Å². The number of carbonyl (C=O) groups is 1. The molecule has 0 spiro atoms. The van der Waals surface area contributed by atoms with E-state index in [0.29, 0.717) is 17.1 Å². The zero-order chi connectivity index (χ0) is 17.6. The zero-order valence-electron chi connectivity index (χ0n) is 14.1. The summed E-state index contributed by atoms with van der Waals surface area (Å²) in [7, 11) is 0. The van der Waals surface area contributed by atoms with E-state index >= 15 is 0 Å². The van der Waals surface area contributed by atoms with Gasteiger partial charge in [0.1, 0.15) is 5.82 Å². The number of nitrogens with one attached hydrogen (secondary N) is 1. The van der Waals surface area contributed by atoms with E-state index < -0.39 is 0 Å². The fraction of sp³-hybridized carbons (Fsp3) is 0.350. The van der Waals surface area contributed by atoms with Crippen LogP contribution in [0.1, 0.15) is 41.2 Å². The Morgan fingerprint density at radius 2 is 1.68 bits per heavy atom. The molecule has 0 bridgehead atoms. The molecule has 1 heterocycles. The molecule has 2 aromatic carbocycles. The lowest BCUT2D eigenvalue weighted by Gasteiger charge is -2.35. The van der Waals surface area contributed by atoms with Gasteiger partial charge in [-0.25, -0.2) is 4.39 Å². The van der Waals surface area contributed by atoms with E-state index in [1.54, 1.807) is 0 Å². The number of amides is 1. The average molecular weight is 361 g/mol. The molecule has 2 aromatic rings. The molecule has 0 unspecified atom stereocenters. The molecule has 0 radical (unpaired) electrons. The quantitative estimate of drug-likeness (QED) is 0.855. The van der Waals surface area contributed by atoms with Crippen LogP contribution in [0.4, 0.5) is 4.39 Å². The van der Waals surface area contributed by atoms with Crippen molar-refractivity contribution in [1.82, 2.24) is 10.2 Å². The molecular weight excluding hydrogens is 339 g/mol. The third-order valence-corrected chi connectivity index (χ3v) is 4.90. The largest absolute Gasteiger partial charge is 0.350 e. The van der Waals surface area contributed by atoms with E-state index in [0.717, 1.165) is 18.7 Å². The second-order valence-electron chi connectivity index (χ2n) is 6.38.